The molecule has 0 aliphatic carbocycles. The molecule has 1 atom stereocenters. The van der Waals surface area contributed by atoms with Gasteiger partial charge in [-0.15, -0.1) is 0 Å². The molecule has 0 aliphatic heterocycles. The minimum Gasteiger partial charge on any atom is -0.467 e. The molecule has 3 rings (SSSR count). The van der Waals surface area contributed by atoms with Crippen LogP contribution < -0.4 is 10.9 Å². The lowest BCUT2D eigenvalue weighted by Crippen LogP contribution is -2.43. The first-order valence-corrected chi connectivity index (χ1v) is 11.4. The Balaban J connectivity index is 1.76. The molecule has 0 spiro atoms. The quantitative estimate of drug-likeness (QED) is 0.304. The van der Waals surface area contributed by atoms with Gasteiger partial charge in [-0.25, -0.2) is 9.78 Å². The first-order valence-electron chi connectivity index (χ1n) is 10.4. The van der Waals surface area contributed by atoms with Crippen molar-refractivity contribution >= 4 is 34.5 Å². The molecular weight excluding hydrogens is 426 g/mol. The number of ether oxygens (including phenoxy) is 1. The Morgan fingerprint density at radius 2 is 1.78 bits per heavy atom. The minimum absolute atomic E-state index is 0.0190. The molecule has 8 heteroatoms. The Morgan fingerprint density at radius 1 is 1.09 bits per heavy atom. The molecule has 1 amide bonds. The number of hydrogen-bond acceptors (Lipinski definition) is 6. The first kappa shape index (κ1) is 23.5. The maximum Gasteiger partial charge on any atom is 0.328 e. The lowest BCUT2D eigenvalue weighted by Gasteiger charge is -2.17. The predicted octanol–water partition coefficient (Wildman–Crippen LogP) is 3.05. The normalized spacial score (nSPS) is 12.0. The Kier molecular flexibility index (Phi) is 8.05. The van der Waals surface area contributed by atoms with Crippen LogP contribution in [0.1, 0.15) is 19.4 Å². The van der Waals surface area contributed by atoms with Crippen LogP contribution >= 0.6 is 11.8 Å². The molecule has 2 aromatic carbocycles. The van der Waals surface area contributed by atoms with Gasteiger partial charge >= 0.3 is 5.97 Å². The summed E-state index contributed by atoms with van der Waals surface area (Å²) in [5, 5.41) is 3.78. The molecule has 1 heterocycles. The number of hydrogen-bond donors (Lipinski definition) is 1. The maximum atomic E-state index is 13.0. The molecule has 0 radical (unpaired) electrons. The van der Waals surface area contributed by atoms with Crippen molar-refractivity contribution in [2.24, 2.45) is 5.92 Å². The summed E-state index contributed by atoms with van der Waals surface area (Å²) in [4.78, 5) is 42.5. The number of aromatic nitrogens is 2. The van der Waals surface area contributed by atoms with Gasteiger partial charge in [-0.1, -0.05) is 68.1 Å². The zero-order valence-corrected chi connectivity index (χ0v) is 19.2. The predicted molar refractivity (Wildman–Crippen MR) is 126 cm³/mol. The van der Waals surface area contributed by atoms with Crippen molar-refractivity contribution < 1.29 is 14.3 Å². The number of thioether (sulfide) groups is 1. The van der Waals surface area contributed by atoms with Crippen LogP contribution in [-0.2, 0) is 27.3 Å². The highest BCUT2D eigenvalue weighted by molar-refractivity contribution is 7.99. The number of methoxy groups -OCH3 is 1. The Morgan fingerprint density at radius 3 is 2.47 bits per heavy atom. The Bertz CT molecular complexity index is 1140. The van der Waals surface area contributed by atoms with Crippen LogP contribution in [0.25, 0.3) is 10.9 Å². The average molecular weight is 454 g/mol. The number of carbonyl (C=O) groups is 2. The summed E-state index contributed by atoms with van der Waals surface area (Å²) in [5.41, 5.74) is 1.39. The molecule has 168 valence electrons. The highest BCUT2D eigenvalue weighted by Gasteiger charge is 2.22. The summed E-state index contributed by atoms with van der Waals surface area (Å²) in [6, 6.07) is 15.8. The summed E-state index contributed by atoms with van der Waals surface area (Å²) in [7, 11) is 1.30. The molecular formula is C24H27N3O4S. The molecule has 0 aliphatic rings. The highest BCUT2D eigenvalue weighted by atomic mass is 32.2. The first-order chi connectivity index (χ1) is 15.4. The SMILES string of the molecule is COC(=O)C(Cc1ccccc1)NC(=O)CSc1nc2ccccc2c(=O)n1CC(C)C. The maximum absolute atomic E-state index is 13.0. The molecule has 0 saturated heterocycles. The van der Waals surface area contributed by atoms with Crippen molar-refractivity contribution in [1.29, 1.82) is 0 Å². The van der Waals surface area contributed by atoms with E-state index in [-0.39, 0.29) is 23.1 Å². The van der Waals surface area contributed by atoms with Crippen LogP contribution in [0.3, 0.4) is 0 Å². The van der Waals surface area contributed by atoms with Crippen LogP contribution in [0.15, 0.2) is 64.5 Å². The fraction of sp³-hybridized carbons (Fsp3) is 0.333. The molecule has 0 fully saturated rings. The largest absolute Gasteiger partial charge is 0.467 e. The van der Waals surface area contributed by atoms with E-state index in [0.29, 0.717) is 29.0 Å². The van der Waals surface area contributed by atoms with Gasteiger partial charge in [-0.05, 0) is 23.6 Å². The summed E-state index contributed by atoms with van der Waals surface area (Å²) >= 11 is 1.18. The molecule has 1 N–H and O–H groups in total. The molecule has 0 bridgehead atoms. The smallest absolute Gasteiger partial charge is 0.328 e. The van der Waals surface area contributed by atoms with E-state index < -0.39 is 12.0 Å². The van der Waals surface area contributed by atoms with Crippen molar-refractivity contribution in [2.45, 2.75) is 38.0 Å². The van der Waals surface area contributed by atoms with Gasteiger partial charge in [0.2, 0.25) is 5.91 Å². The van der Waals surface area contributed by atoms with E-state index in [1.54, 1.807) is 16.7 Å². The Hall–Kier alpha value is -3.13. The van der Waals surface area contributed by atoms with Gasteiger partial charge in [-0.3, -0.25) is 14.2 Å². The summed E-state index contributed by atoms with van der Waals surface area (Å²) < 4.78 is 6.47. The number of rotatable bonds is 9. The van der Waals surface area contributed by atoms with E-state index >= 15 is 0 Å². The summed E-state index contributed by atoms with van der Waals surface area (Å²) in [6.07, 6.45) is 0.330. The van der Waals surface area contributed by atoms with Crippen LogP contribution in [0, 0.1) is 5.92 Å². The lowest BCUT2D eigenvalue weighted by atomic mass is 10.1. The number of nitrogens with zero attached hydrogens (tertiary/aromatic N) is 2. The fourth-order valence-corrected chi connectivity index (χ4v) is 4.16. The number of para-hydroxylation sites is 1. The zero-order chi connectivity index (χ0) is 23.1. The molecule has 3 aromatic rings. The second kappa shape index (κ2) is 10.9. The standard InChI is InChI=1S/C24H27N3O4S/c1-16(2)14-27-22(29)18-11-7-8-12-19(18)26-24(27)32-15-21(28)25-20(23(30)31-3)13-17-9-5-4-6-10-17/h4-12,16,20H,13-15H2,1-3H3,(H,25,28). The number of amides is 1. The van der Waals surface area contributed by atoms with Gasteiger partial charge in [0, 0.05) is 13.0 Å². The number of benzene rings is 2. The van der Waals surface area contributed by atoms with Gasteiger partial charge in [-0.2, -0.15) is 0 Å². The number of carbonyl (C=O) groups excluding carboxylic acids is 2. The zero-order valence-electron chi connectivity index (χ0n) is 18.4. The molecule has 32 heavy (non-hydrogen) atoms. The van der Waals surface area contributed by atoms with Gasteiger partial charge in [0.05, 0.1) is 23.8 Å². The average Bonchev–Trinajstić information content (AvgIpc) is 2.79. The Labute approximate surface area is 191 Å². The number of nitrogens with one attached hydrogen (secondary N) is 1. The van der Waals surface area contributed by atoms with Crippen molar-refractivity contribution in [1.82, 2.24) is 14.9 Å². The monoisotopic (exact) mass is 453 g/mol. The fourth-order valence-electron chi connectivity index (χ4n) is 3.34. The highest BCUT2D eigenvalue weighted by Crippen LogP contribution is 2.19. The van der Waals surface area contributed by atoms with E-state index in [2.05, 4.69) is 10.3 Å². The van der Waals surface area contributed by atoms with Crippen LogP contribution in [0.5, 0.6) is 0 Å². The van der Waals surface area contributed by atoms with Crippen molar-refractivity contribution in [2.75, 3.05) is 12.9 Å². The topological polar surface area (TPSA) is 90.3 Å². The van der Waals surface area contributed by atoms with Gasteiger partial charge < -0.3 is 10.1 Å². The molecule has 7 nitrogen and oxygen atoms in total. The van der Waals surface area contributed by atoms with E-state index in [0.717, 1.165) is 5.56 Å². The third-order valence-electron chi connectivity index (χ3n) is 4.81. The van der Waals surface area contributed by atoms with E-state index in [1.165, 1.54) is 18.9 Å². The second-order valence-electron chi connectivity index (χ2n) is 7.84. The van der Waals surface area contributed by atoms with Crippen molar-refractivity contribution in [3.05, 3.63) is 70.5 Å². The van der Waals surface area contributed by atoms with Gasteiger partial charge in [0.15, 0.2) is 5.16 Å². The van der Waals surface area contributed by atoms with Crippen LogP contribution in [-0.4, -0.2) is 40.3 Å². The van der Waals surface area contributed by atoms with Crippen LogP contribution in [0.4, 0.5) is 0 Å². The van der Waals surface area contributed by atoms with E-state index in [4.69, 9.17) is 4.74 Å². The van der Waals surface area contributed by atoms with Crippen LogP contribution in [0.2, 0.25) is 0 Å². The molecule has 1 aromatic heterocycles. The lowest BCUT2D eigenvalue weighted by molar-refractivity contribution is -0.144. The molecule has 0 saturated carbocycles. The third kappa shape index (κ3) is 5.97. The number of fused-ring (bicyclic) bond motifs is 1. The molecule has 1 unspecified atom stereocenters. The van der Waals surface area contributed by atoms with E-state index in [9.17, 15) is 14.4 Å². The second-order valence-corrected chi connectivity index (χ2v) is 8.79. The van der Waals surface area contributed by atoms with E-state index in [1.807, 2.05) is 56.3 Å². The van der Waals surface area contributed by atoms with Gasteiger partial charge in [0.25, 0.3) is 5.56 Å². The minimum atomic E-state index is -0.794. The van der Waals surface area contributed by atoms with Crippen molar-refractivity contribution in [3.8, 4) is 0 Å². The van der Waals surface area contributed by atoms with Gasteiger partial charge in [0.1, 0.15) is 6.04 Å². The van der Waals surface area contributed by atoms with Crippen molar-refractivity contribution in [3.63, 3.8) is 0 Å². The summed E-state index contributed by atoms with van der Waals surface area (Å²) in [5.74, 6) is -0.587. The number of esters is 1. The third-order valence-corrected chi connectivity index (χ3v) is 5.79. The summed E-state index contributed by atoms with van der Waals surface area (Å²) in [6.45, 7) is 4.54.